The Hall–Kier alpha value is 3.82. The molecule has 0 aromatic carbocycles. The van der Waals surface area contributed by atoms with E-state index in [4.69, 9.17) is 19.2 Å². The van der Waals surface area contributed by atoms with Gasteiger partial charge in [-0.25, -0.2) is 4.57 Å². The van der Waals surface area contributed by atoms with E-state index in [9.17, 15) is 0 Å². The van der Waals surface area contributed by atoms with Gasteiger partial charge in [0.15, 0.2) is 0 Å². The van der Waals surface area contributed by atoms with Gasteiger partial charge in [-0.2, -0.15) is 0 Å². The normalized spacial score (nSPS) is 7.38. The SMILES string of the molecule is O=P(O)(O)O.[BaH2].[CaH2].[Zr]. The molecule has 0 atom stereocenters. The quantitative estimate of drug-likeness (QED) is 0.319. The van der Waals surface area contributed by atoms with E-state index in [0.717, 1.165) is 0 Å². The Labute approximate surface area is 136 Å². The van der Waals surface area contributed by atoms with Gasteiger partial charge in [-0.1, -0.05) is 0 Å². The average Bonchev–Trinajstić information content (AvgIpc) is 0.722. The third-order valence-electron chi connectivity index (χ3n) is 0. The zero-order valence-corrected chi connectivity index (χ0v) is 6.05. The van der Waals surface area contributed by atoms with Gasteiger partial charge in [0.2, 0.25) is 0 Å². The zero-order chi connectivity index (χ0) is 4.50. The molecule has 0 aliphatic heterocycles. The molecule has 0 heterocycles. The van der Waals surface area contributed by atoms with Gasteiger partial charge in [-0.05, 0) is 0 Å². The van der Waals surface area contributed by atoms with Crippen LogP contribution in [0.2, 0.25) is 0 Å². The van der Waals surface area contributed by atoms with Gasteiger partial charge in [0, 0.05) is 26.2 Å². The fraction of sp³-hybridized carbons (Fsp3) is 0. The van der Waals surface area contributed by atoms with Gasteiger partial charge < -0.3 is 14.7 Å². The van der Waals surface area contributed by atoms with Crippen LogP contribution in [0.3, 0.4) is 0 Å². The summed E-state index contributed by atoms with van der Waals surface area (Å²) in [5.41, 5.74) is 0. The van der Waals surface area contributed by atoms with Crippen LogP contribution in [0.15, 0.2) is 0 Å². The van der Waals surface area contributed by atoms with E-state index in [2.05, 4.69) is 0 Å². The third kappa shape index (κ3) is 52.3. The van der Waals surface area contributed by atoms with E-state index in [1.165, 1.54) is 0 Å². The topological polar surface area (TPSA) is 77.8 Å². The molecule has 0 aromatic heterocycles. The monoisotopic (exact) mass is 370 g/mol. The molecule has 0 saturated carbocycles. The van der Waals surface area contributed by atoms with Crippen molar-refractivity contribution in [1.82, 2.24) is 0 Å². The minimum absolute atomic E-state index is 0. The van der Waals surface area contributed by atoms with Crippen LogP contribution < -0.4 is 0 Å². The predicted molar refractivity (Wildman–Crippen MR) is 31.4 cm³/mol. The van der Waals surface area contributed by atoms with Crippen molar-refractivity contribution in [1.29, 1.82) is 0 Å². The molecule has 0 radical (unpaired) electrons. The van der Waals surface area contributed by atoms with E-state index < -0.39 is 7.82 Å². The molecular formula is H7BaCaO4PZr. The second-order valence-electron chi connectivity index (χ2n) is 0.513. The Morgan fingerprint density at radius 2 is 1.12 bits per heavy atom. The van der Waals surface area contributed by atoms with Crippen molar-refractivity contribution in [2.75, 3.05) is 0 Å². The first kappa shape index (κ1) is 22.6. The minimum Gasteiger partial charge on any atom is 0 e. The first-order chi connectivity index (χ1) is 2.00. The molecule has 0 aliphatic carbocycles. The van der Waals surface area contributed by atoms with Crippen LogP contribution >= 0.6 is 7.82 Å². The maximum Gasteiger partial charge on any atom is 0 e. The van der Waals surface area contributed by atoms with Gasteiger partial charge >= 0.3 is 94.4 Å². The van der Waals surface area contributed by atoms with Gasteiger partial charge in [0.1, 0.15) is 0 Å². The Balaban J connectivity index is -0.0000000267. The summed E-state index contributed by atoms with van der Waals surface area (Å²) in [4.78, 5) is 21.6. The molecule has 0 unspecified atom stereocenters. The smallest absolute Gasteiger partial charge is 0 e. The maximum absolute atomic E-state index is 8.88. The average molecular weight is 371 g/mol. The molecule has 0 amide bonds. The second-order valence-corrected chi connectivity index (χ2v) is 1.54. The van der Waals surface area contributed by atoms with Crippen molar-refractivity contribution < 1.29 is 45.4 Å². The minimum atomic E-state index is -4.64. The molecule has 0 aromatic rings. The Kier molecular flexibility index (Phi) is 30.6. The van der Waals surface area contributed by atoms with Crippen molar-refractivity contribution in [3.05, 3.63) is 0 Å². The first-order valence-corrected chi connectivity index (χ1v) is 2.35. The third-order valence-corrected chi connectivity index (χ3v) is 0. The van der Waals surface area contributed by atoms with Crippen molar-refractivity contribution in [3.63, 3.8) is 0 Å². The molecule has 44 valence electrons. The summed E-state index contributed by atoms with van der Waals surface area (Å²) in [5, 5.41) is 0. The van der Waals surface area contributed by atoms with Gasteiger partial charge in [-0.15, -0.1) is 0 Å². The van der Waals surface area contributed by atoms with Gasteiger partial charge in [0.25, 0.3) is 0 Å². The molecule has 0 aliphatic rings. The number of phosphoric acid groups is 1. The van der Waals surface area contributed by atoms with E-state index in [1.807, 2.05) is 0 Å². The first-order valence-electron chi connectivity index (χ1n) is 0.783. The van der Waals surface area contributed by atoms with Crippen molar-refractivity contribution >= 4 is 94.4 Å². The molecule has 0 spiro atoms. The number of rotatable bonds is 0. The predicted octanol–water partition coefficient (Wildman–Crippen LogP) is -2.76. The molecule has 0 bridgehead atoms. The fourth-order valence-corrected chi connectivity index (χ4v) is 0. The summed E-state index contributed by atoms with van der Waals surface area (Å²) in [6.45, 7) is 0. The summed E-state index contributed by atoms with van der Waals surface area (Å²) < 4.78 is 8.88. The van der Waals surface area contributed by atoms with Crippen LogP contribution in [0, 0.1) is 0 Å². The zero-order valence-electron chi connectivity index (χ0n) is 2.70. The standard InChI is InChI=1S/Ba.Ca.H3O4P.Zr.4H/c;;1-5(2,3)4;;;;;/h;;(H3,1,2,3,4);;;;;. The van der Waals surface area contributed by atoms with E-state index in [0.29, 0.717) is 0 Å². The maximum atomic E-state index is 8.88. The molecule has 0 fully saturated rings. The molecular weight excluding hydrogens is 364 g/mol. The number of hydrogen-bond donors (Lipinski definition) is 3. The van der Waals surface area contributed by atoms with Crippen LogP contribution in [-0.2, 0) is 30.8 Å². The molecule has 8 heavy (non-hydrogen) atoms. The van der Waals surface area contributed by atoms with E-state index in [-0.39, 0.29) is 113 Å². The van der Waals surface area contributed by atoms with Crippen LogP contribution in [0.1, 0.15) is 0 Å². The second kappa shape index (κ2) is 10.8. The van der Waals surface area contributed by atoms with Crippen molar-refractivity contribution in [3.8, 4) is 0 Å². The van der Waals surface area contributed by atoms with Crippen LogP contribution in [0.5, 0.6) is 0 Å². The summed E-state index contributed by atoms with van der Waals surface area (Å²) in [6, 6.07) is 0. The molecule has 0 saturated heterocycles. The van der Waals surface area contributed by atoms with Crippen LogP contribution in [-0.4, -0.2) is 101 Å². The molecule has 8 heteroatoms. The summed E-state index contributed by atoms with van der Waals surface area (Å²) >= 11 is 0. The Morgan fingerprint density at radius 3 is 1.12 bits per heavy atom. The van der Waals surface area contributed by atoms with Gasteiger partial charge in [0.05, 0.1) is 0 Å². The van der Waals surface area contributed by atoms with Crippen molar-refractivity contribution in [2.24, 2.45) is 0 Å². The number of hydrogen-bond acceptors (Lipinski definition) is 1. The Morgan fingerprint density at radius 1 is 1.12 bits per heavy atom. The summed E-state index contributed by atoms with van der Waals surface area (Å²) in [7, 11) is -4.64. The van der Waals surface area contributed by atoms with E-state index in [1.54, 1.807) is 0 Å². The summed E-state index contributed by atoms with van der Waals surface area (Å²) in [6.07, 6.45) is 0. The molecule has 0 rings (SSSR count). The Bertz CT molecular complexity index is 62.2. The fourth-order valence-electron chi connectivity index (χ4n) is 0. The summed E-state index contributed by atoms with van der Waals surface area (Å²) in [5.74, 6) is 0. The van der Waals surface area contributed by atoms with Crippen LogP contribution in [0.4, 0.5) is 0 Å². The van der Waals surface area contributed by atoms with E-state index >= 15 is 0 Å². The van der Waals surface area contributed by atoms with Crippen LogP contribution in [0.25, 0.3) is 0 Å². The van der Waals surface area contributed by atoms with Crippen molar-refractivity contribution in [2.45, 2.75) is 0 Å². The molecule has 4 nitrogen and oxygen atoms in total. The molecule has 3 N–H and O–H groups in total. The van der Waals surface area contributed by atoms with Gasteiger partial charge in [-0.3, -0.25) is 0 Å². The largest absolute Gasteiger partial charge is 0 e.